The molecule has 0 saturated carbocycles. The largest absolute Gasteiger partial charge is 0.299 e. The molecule has 0 aliphatic rings. The smallest absolute Gasteiger partial charge is 0.142 e. The van der Waals surface area contributed by atoms with Crippen molar-refractivity contribution in [3.63, 3.8) is 0 Å². The van der Waals surface area contributed by atoms with Gasteiger partial charge < -0.3 is 0 Å². The van der Waals surface area contributed by atoms with Gasteiger partial charge in [0.05, 0.1) is 0 Å². The molecule has 0 heterocycles. The highest BCUT2D eigenvalue weighted by molar-refractivity contribution is 6.05. The lowest BCUT2D eigenvalue weighted by molar-refractivity contribution is -0.125. The molecular formula is C26H26O. The second-order valence-corrected chi connectivity index (χ2v) is 7.80. The van der Waals surface area contributed by atoms with Crippen LogP contribution in [0.3, 0.4) is 0 Å². The molecule has 0 bridgehead atoms. The standard InChI is InChI=1S/C26H26O/c1-26(2,3)24(27)19-23(20-13-7-4-8-14-20)25(21-15-9-5-10-16-21)22-17-11-6-12-18-22/h4-18H,19H2,1-3H3. The van der Waals surface area contributed by atoms with E-state index < -0.39 is 0 Å². The number of carbonyl (C=O) groups is 1. The Labute approximate surface area is 162 Å². The summed E-state index contributed by atoms with van der Waals surface area (Å²) in [5.41, 5.74) is 5.18. The predicted octanol–water partition coefficient (Wildman–Crippen LogP) is 6.65. The van der Waals surface area contributed by atoms with E-state index in [1.807, 2.05) is 75.4 Å². The number of ketones is 1. The highest BCUT2D eigenvalue weighted by Gasteiger charge is 2.24. The molecule has 3 rings (SSSR count). The van der Waals surface area contributed by atoms with Gasteiger partial charge in [-0.2, -0.15) is 0 Å². The molecule has 0 amide bonds. The minimum Gasteiger partial charge on any atom is -0.299 e. The number of rotatable bonds is 5. The van der Waals surface area contributed by atoms with Gasteiger partial charge in [0.1, 0.15) is 5.78 Å². The number of Topliss-reactive ketones (excluding diaryl/α,β-unsaturated/α-hetero) is 1. The van der Waals surface area contributed by atoms with E-state index in [4.69, 9.17) is 0 Å². The summed E-state index contributed by atoms with van der Waals surface area (Å²) >= 11 is 0. The molecule has 0 aliphatic carbocycles. The molecule has 0 unspecified atom stereocenters. The predicted molar refractivity (Wildman–Crippen MR) is 114 cm³/mol. The van der Waals surface area contributed by atoms with E-state index in [0.717, 1.165) is 27.8 Å². The van der Waals surface area contributed by atoms with Crippen molar-refractivity contribution < 1.29 is 4.79 Å². The third kappa shape index (κ3) is 4.62. The lowest BCUT2D eigenvalue weighted by Gasteiger charge is -2.21. The van der Waals surface area contributed by atoms with Crippen LogP contribution in [0.1, 0.15) is 43.9 Å². The van der Waals surface area contributed by atoms with E-state index in [1.165, 1.54) is 0 Å². The van der Waals surface area contributed by atoms with Crippen LogP contribution < -0.4 is 0 Å². The summed E-state index contributed by atoms with van der Waals surface area (Å²) in [4.78, 5) is 13.0. The molecule has 0 fully saturated rings. The summed E-state index contributed by atoms with van der Waals surface area (Å²) in [6.07, 6.45) is 0.409. The molecule has 0 aromatic heterocycles. The Morgan fingerprint density at radius 1 is 0.630 bits per heavy atom. The zero-order valence-corrected chi connectivity index (χ0v) is 16.3. The normalized spacial score (nSPS) is 11.1. The lowest BCUT2D eigenvalue weighted by atomic mass is 9.81. The number of hydrogen-bond acceptors (Lipinski definition) is 1. The summed E-state index contributed by atoms with van der Waals surface area (Å²) in [5, 5.41) is 0. The molecule has 1 nitrogen and oxygen atoms in total. The van der Waals surface area contributed by atoms with Crippen LogP contribution in [0.15, 0.2) is 91.0 Å². The van der Waals surface area contributed by atoms with Gasteiger partial charge in [-0.1, -0.05) is 112 Å². The van der Waals surface area contributed by atoms with Gasteiger partial charge in [0.25, 0.3) is 0 Å². The highest BCUT2D eigenvalue weighted by Crippen LogP contribution is 2.36. The van der Waals surface area contributed by atoms with Crippen molar-refractivity contribution in [2.24, 2.45) is 5.41 Å². The average molecular weight is 354 g/mol. The number of allylic oxidation sites excluding steroid dienone is 1. The van der Waals surface area contributed by atoms with Crippen LogP contribution in [-0.2, 0) is 4.79 Å². The van der Waals surface area contributed by atoms with Crippen LogP contribution in [0, 0.1) is 5.41 Å². The molecule has 0 atom stereocenters. The minimum atomic E-state index is -0.376. The van der Waals surface area contributed by atoms with E-state index in [2.05, 4.69) is 36.4 Å². The quantitative estimate of drug-likeness (QED) is 0.469. The van der Waals surface area contributed by atoms with Crippen molar-refractivity contribution in [2.75, 3.05) is 0 Å². The van der Waals surface area contributed by atoms with Gasteiger partial charge in [-0.15, -0.1) is 0 Å². The van der Waals surface area contributed by atoms with E-state index in [9.17, 15) is 4.79 Å². The van der Waals surface area contributed by atoms with Gasteiger partial charge in [0.2, 0.25) is 0 Å². The zero-order valence-electron chi connectivity index (χ0n) is 16.3. The summed E-state index contributed by atoms with van der Waals surface area (Å²) < 4.78 is 0. The average Bonchev–Trinajstić information content (AvgIpc) is 2.69. The lowest BCUT2D eigenvalue weighted by Crippen LogP contribution is -2.20. The van der Waals surface area contributed by atoms with Crippen LogP contribution in [-0.4, -0.2) is 5.78 Å². The minimum absolute atomic E-state index is 0.241. The third-order valence-electron chi connectivity index (χ3n) is 4.72. The third-order valence-corrected chi connectivity index (χ3v) is 4.72. The van der Waals surface area contributed by atoms with Gasteiger partial charge in [-0.3, -0.25) is 4.79 Å². The Balaban J connectivity index is 2.28. The van der Waals surface area contributed by atoms with Gasteiger partial charge in [0.15, 0.2) is 0 Å². The highest BCUT2D eigenvalue weighted by atomic mass is 16.1. The fourth-order valence-corrected chi connectivity index (χ4v) is 3.12. The summed E-state index contributed by atoms with van der Waals surface area (Å²) in [6.45, 7) is 5.97. The van der Waals surface area contributed by atoms with Crippen molar-refractivity contribution in [1.82, 2.24) is 0 Å². The molecule has 0 saturated heterocycles. The topological polar surface area (TPSA) is 17.1 Å². The second-order valence-electron chi connectivity index (χ2n) is 7.80. The van der Waals surface area contributed by atoms with Gasteiger partial charge in [0, 0.05) is 11.8 Å². The first-order valence-corrected chi connectivity index (χ1v) is 9.39. The van der Waals surface area contributed by atoms with E-state index in [1.54, 1.807) is 0 Å². The molecule has 0 radical (unpaired) electrons. The van der Waals surface area contributed by atoms with Crippen LogP contribution in [0.4, 0.5) is 0 Å². The van der Waals surface area contributed by atoms with Crippen LogP contribution >= 0.6 is 0 Å². The number of benzene rings is 3. The summed E-state index contributed by atoms with van der Waals surface area (Å²) in [6, 6.07) is 31.0. The van der Waals surface area contributed by atoms with Crippen LogP contribution in [0.25, 0.3) is 11.1 Å². The van der Waals surface area contributed by atoms with E-state index >= 15 is 0 Å². The first kappa shape index (κ1) is 18.8. The fourth-order valence-electron chi connectivity index (χ4n) is 3.12. The molecule has 0 N–H and O–H groups in total. The Bertz CT molecular complexity index is 873. The Kier molecular flexibility index (Phi) is 5.71. The molecule has 0 spiro atoms. The molecule has 3 aromatic carbocycles. The maximum atomic E-state index is 13.0. The maximum absolute atomic E-state index is 13.0. The first-order valence-electron chi connectivity index (χ1n) is 9.39. The Morgan fingerprint density at radius 2 is 1.00 bits per heavy atom. The van der Waals surface area contributed by atoms with Crippen molar-refractivity contribution in [3.8, 4) is 0 Å². The van der Waals surface area contributed by atoms with Crippen LogP contribution in [0.2, 0.25) is 0 Å². The Morgan fingerprint density at radius 3 is 1.37 bits per heavy atom. The summed E-state index contributed by atoms with van der Waals surface area (Å²) in [5.74, 6) is 0.241. The molecule has 1 heteroatoms. The summed E-state index contributed by atoms with van der Waals surface area (Å²) in [7, 11) is 0. The first-order chi connectivity index (χ1) is 13.0. The van der Waals surface area contributed by atoms with Gasteiger partial charge in [-0.25, -0.2) is 0 Å². The number of hydrogen-bond donors (Lipinski definition) is 0. The molecule has 3 aromatic rings. The zero-order chi connectivity index (χ0) is 19.3. The molecular weight excluding hydrogens is 328 g/mol. The second kappa shape index (κ2) is 8.18. The van der Waals surface area contributed by atoms with Crippen molar-refractivity contribution >= 4 is 16.9 Å². The fraction of sp³-hybridized carbons (Fsp3) is 0.192. The van der Waals surface area contributed by atoms with Crippen molar-refractivity contribution in [3.05, 3.63) is 108 Å². The van der Waals surface area contributed by atoms with Crippen LogP contribution in [0.5, 0.6) is 0 Å². The monoisotopic (exact) mass is 354 g/mol. The van der Waals surface area contributed by atoms with Gasteiger partial charge in [-0.05, 0) is 27.8 Å². The SMILES string of the molecule is CC(C)(C)C(=O)CC(=C(c1ccccc1)c1ccccc1)c1ccccc1. The van der Waals surface area contributed by atoms with E-state index in [-0.39, 0.29) is 11.2 Å². The van der Waals surface area contributed by atoms with Gasteiger partial charge >= 0.3 is 0 Å². The molecule has 0 aliphatic heterocycles. The van der Waals surface area contributed by atoms with Crippen molar-refractivity contribution in [2.45, 2.75) is 27.2 Å². The Hall–Kier alpha value is -2.93. The molecule has 27 heavy (non-hydrogen) atoms. The maximum Gasteiger partial charge on any atom is 0.142 e. The van der Waals surface area contributed by atoms with Crippen molar-refractivity contribution in [1.29, 1.82) is 0 Å². The van der Waals surface area contributed by atoms with E-state index in [0.29, 0.717) is 6.42 Å². The number of carbonyl (C=O) groups excluding carboxylic acids is 1. The molecule has 136 valence electrons.